The molecule has 0 N–H and O–H groups in total. The number of hydrogen-bond acceptors (Lipinski definition) is 5. The summed E-state index contributed by atoms with van der Waals surface area (Å²) < 4.78 is 29.5. The molecule has 1 aromatic heterocycles. The highest BCUT2D eigenvalue weighted by Crippen LogP contribution is 2.32. The fourth-order valence-electron chi connectivity index (χ4n) is 3.45. The van der Waals surface area contributed by atoms with Gasteiger partial charge in [-0.2, -0.15) is 0 Å². The molecular formula is C19H23ClN2O3S. The summed E-state index contributed by atoms with van der Waals surface area (Å²) in [5, 5.41) is 0.347. The fraction of sp³-hybridized carbons (Fsp3) is 0.421. The van der Waals surface area contributed by atoms with Crippen LogP contribution in [0.5, 0.6) is 5.75 Å². The number of aromatic nitrogens is 1. The van der Waals surface area contributed by atoms with Gasteiger partial charge in [-0.25, -0.2) is 8.42 Å². The van der Waals surface area contributed by atoms with Crippen molar-refractivity contribution in [3.63, 3.8) is 0 Å². The molecule has 0 saturated carbocycles. The molecule has 0 radical (unpaired) electrons. The van der Waals surface area contributed by atoms with Crippen molar-refractivity contribution in [3.05, 3.63) is 52.8 Å². The maximum atomic E-state index is 12.2. The van der Waals surface area contributed by atoms with Crippen LogP contribution in [0.4, 0.5) is 0 Å². The Bertz CT molecular complexity index is 869. The van der Waals surface area contributed by atoms with Gasteiger partial charge in [0.15, 0.2) is 9.84 Å². The summed E-state index contributed by atoms with van der Waals surface area (Å²) >= 11 is 5.97. The number of likely N-dealkylation sites (tertiary alicyclic amines) is 1. The molecule has 140 valence electrons. The second-order valence-corrected chi connectivity index (χ2v) is 9.15. The van der Waals surface area contributed by atoms with Crippen molar-refractivity contribution < 1.29 is 13.2 Å². The number of hydrogen-bond donors (Lipinski definition) is 0. The molecule has 1 atom stereocenters. The summed E-state index contributed by atoms with van der Waals surface area (Å²) in [7, 11) is -1.71. The Balaban J connectivity index is 1.78. The summed E-state index contributed by atoms with van der Waals surface area (Å²) in [6.07, 6.45) is 4.68. The number of methoxy groups -OCH3 is 1. The first-order valence-electron chi connectivity index (χ1n) is 8.57. The highest BCUT2D eigenvalue weighted by Gasteiger charge is 2.27. The van der Waals surface area contributed by atoms with E-state index in [0.29, 0.717) is 10.7 Å². The molecule has 1 saturated heterocycles. The number of sulfone groups is 1. The van der Waals surface area contributed by atoms with Gasteiger partial charge in [-0.3, -0.25) is 9.88 Å². The lowest BCUT2D eigenvalue weighted by molar-refractivity contribution is 0.197. The zero-order valence-electron chi connectivity index (χ0n) is 15.0. The molecule has 26 heavy (non-hydrogen) atoms. The van der Waals surface area contributed by atoms with Crippen LogP contribution in [0.3, 0.4) is 0 Å². The van der Waals surface area contributed by atoms with Gasteiger partial charge in [0.2, 0.25) is 0 Å². The highest BCUT2D eigenvalue weighted by molar-refractivity contribution is 7.90. The minimum Gasteiger partial charge on any atom is -0.497 e. The molecule has 0 unspecified atom stereocenters. The first kappa shape index (κ1) is 19.1. The van der Waals surface area contributed by atoms with Gasteiger partial charge in [0, 0.05) is 31.5 Å². The topological polar surface area (TPSA) is 59.5 Å². The maximum absolute atomic E-state index is 12.2. The van der Waals surface area contributed by atoms with E-state index in [1.165, 1.54) is 24.1 Å². The average molecular weight is 395 g/mol. The van der Waals surface area contributed by atoms with E-state index in [2.05, 4.69) is 22.0 Å². The number of ether oxygens (including phenoxy) is 1. The molecule has 0 amide bonds. The summed E-state index contributed by atoms with van der Waals surface area (Å²) in [6.45, 7) is 2.59. The molecular weight excluding hydrogens is 372 g/mol. The van der Waals surface area contributed by atoms with Gasteiger partial charge < -0.3 is 4.74 Å². The number of rotatable bonds is 5. The van der Waals surface area contributed by atoms with Crippen LogP contribution in [0.2, 0.25) is 5.02 Å². The minimum atomic E-state index is -3.37. The number of benzene rings is 1. The number of nitrogens with zero attached hydrogens (tertiary/aromatic N) is 2. The lowest BCUT2D eigenvalue weighted by atomic mass is 9.94. The third kappa shape index (κ3) is 4.55. The summed E-state index contributed by atoms with van der Waals surface area (Å²) in [4.78, 5) is 6.97. The van der Waals surface area contributed by atoms with Crippen molar-refractivity contribution in [1.29, 1.82) is 0 Å². The second-order valence-electron chi connectivity index (χ2n) is 6.73. The minimum absolute atomic E-state index is 0.0870. The van der Waals surface area contributed by atoms with Crippen LogP contribution in [0, 0.1) is 0 Å². The van der Waals surface area contributed by atoms with Gasteiger partial charge in [0.05, 0.1) is 22.7 Å². The Morgan fingerprint density at radius 3 is 2.69 bits per heavy atom. The third-order valence-electron chi connectivity index (χ3n) is 4.71. The van der Waals surface area contributed by atoms with Crippen molar-refractivity contribution >= 4 is 21.4 Å². The van der Waals surface area contributed by atoms with Crippen LogP contribution in [-0.4, -0.2) is 44.8 Å². The van der Waals surface area contributed by atoms with Crippen molar-refractivity contribution in [1.82, 2.24) is 9.88 Å². The van der Waals surface area contributed by atoms with Gasteiger partial charge in [0.1, 0.15) is 5.75 Å². The molecule has 5 nitrogen and oxygen atoms in total. The van der Waals surface area contributed by atoms with Gasteiger partial charge in [-0.1, -0.05) is 23.7 Å². The second kappa shape index (κ2) is 7.94. The zero-order chi connectivity index (χ0) is 18.7. The molecule has 1 aliphatic rings. The van der Waals surface area contributed by atoms with Crippen molar-refractivity contribution in [2.24, 2.45) is 0 Å². The number of halogens is 1. The monoisotopic (exact) mass is 394 g/mol. The van der Waals surface area contributed by atoms with Crippen molar-refractivity contribution in [2.75, 3.05) is 26.5 Å². The Hall–Kier alpha value is -1.63. The summed E-state index contributed by atoms with van der Waals surface area (Å²) in [5.41, 5.74) is 1.84. The zero-order valence-corrected chi connectivity index (χ0v) is 16.6. The van der Waals surface area contributed by atoms with E-state index in [0.717, 1.165) is 38.2 Å². The summed E-state index contributed by atoms with van der Waals surface area (Å²) in [5.74, 6) is 0.928. The van der Waals surface area contributed by atoms with Crippen LogP contribution >= 0.6 is 11.6 Å². The summed E-state index contributed by atoms with van der Waals surface area (Å²) in [6, 6.07) is 9.55. The Morgan fingerprint density at radius 1 is 1.31 bits per heavy atom. The molecule has 1 aromatic carbocycles. The predicted molar refractivity (Wildman–Crippen MR) is 103 cm³/mol. The lowest BCUT2D eigenvalue weighted by Crippen LogP contribution is -2.34. The number of pyridine rings is 1. The van der Waals surface area contributed by atoms with E-state index < -0.39 is 9.84 Å². The van der Waals surface area contributed by atoms with E-state index in [1.807, 2.05) is 12.1 Å². The molecule has 0 spiro atoms. The van der Waals surface area contributed by atoms with Crippen LogP contribution in [0.15, 0.2) is 41.4 Å². The molecule has 1 aliphatic heterocycles. The molecule has 0 bridgehead atoms. The van der Waals surface area contributed by atoms with Crippen LogP contribution < -0.4 is 4.74 Å². The van der Waals surface area contributed by atoms with Crippen molar-refractivity contribution in [3.8, 4) is 5.75 Å². The van der Waals surface area contributed by atoms with Gasteiger partial charge in [0.25, 0.3) is 0 Å². The molecule has 2 heterocycles. The Labute approximate surface area is 159 Å². The highest BCUT2D eigenvalue weighted by atomic mass is 35.5. The molecule has 2 aromatic rings. The Morgan fingerprint density at radius 2 is 2.04 bits per heavy atom. The maximum Gasteiger partial charge on any atom is 0.177 e. The molecule has 7 heteroatoms. The lowest BCUT2D eigenvalue weighted by Gasteiger charge is -2.33. The smallest absolute Gasteiger partial charge is 0.177 e. The van der Waals surface area contributed by atoms with E-state index >= 15 is 0 Å². The van der Waals surface area contributed by atoms with Gasteiger partial charge >= 0.3 is 0 Å². The SMILES string of the molecule is COc1ccc(CN2CCC[C@H](c3ncc(Cl)cc3S(C)(=O)=O)C2)cc1. The van der Waals surface area contributed by atoms with Gasteiger partial charge in [-0.05, 0) is 43.1 Å². The van der Waals surface area contributed by atoms with E-state index in [4.69, 9.17) is 16.3 Å². The Kier molecular flexibility index (Phi) is 5.85. The number of piperidine rings is 1. The quantitative estimate of drug-likeness (QED) is 0.776. The van der Waals surface area contributed by atoms with E-state index in [-0.39, 0.29) is 10.8 Å². The van der Waals surface area contributed by atoms with E-state index in [9.17, 15) is 8.42 Å². The predicted octanol–water partition coefficient (Wildman–Crippen LogP) is 3.53. The first-order chi connectivity index (χ1) is 12.4. The largest absolute Gasteiger partial charge is 0.497 e. The van der Waals surface area contributed by atoms with Crippen LogP contribution in [0.25, 0.3) is 0 Å². The first-order valence-corrected chi connectivity index (χ1v) is 10.8. The molecule has 1 fully saturated rings. The fourth-order valence-corrected chi connectivity index (χ4v) is 4.61. The molecule has 0 aliphatic carbocycles. The standard InChI is InChI=1S/C19H23ClN2O3S/c1-25-17-7-5-14(6-8-17)12-22-9-3-4-15(13-22)19-18(26(2,23)24)10-16(20)11-21-19/h5-8,10-11,15H,3-4,9,12-13H2,1-2H3/t15-/m0/s1. The van der Waals surface area contributed by atoms with Crippen LogP contribution in [0.1, 0.15) is 30.0 Å². The van der Waals surface area contributed by atoms with Gasteiger partial charge in [-0.15, -0.1) is 0 Å². The average Bonchev–Trinajstić information content (AvgIpc) is 2.62. The molecule has 3 rings (SSSR count). The third-order valence-corrected chi connectivity index (χ3v) is 6.04. The normalized spacial score (nSPS) is 18.7. The van der Waals surface area contributed by atoms with E-state index in [1.54, 1.807) is 7.11 Å². The van der Waals surface area contributed by atoms with Crippen LogP contribution in [-0.2, 0) is 16.4 Å². The van der Waals surface area contributed by atoms with Crippen molar-refractivity contribution in [2.45, 2.75) is 30.2 Å².